The molecular weight excluding hydrogens is 378 g/mol. The van der Waals surface area contributed by atoms with Crippen LogP contribution in [0.15, 0.2) is 47.6 Å². The Kier molecular flexibility index (Phi) is 5.74. The second kappa shape index (κ2) is 8.01. The van der Waals surface area contributed by atoms with E-state index in [2.05, 4.69) is 9.97 Å². The molecule has 134 valence electrons. The third-order valence-electron chi connectivity index (χ3n) is 3.57. The van der Waals surface area contributed by atoms with Crippen LogP contribution in [0.4, 0.5) is 8.78 Å². The minimum atomic E-state index is -0.585. The Morgan fingerprint density at radius 1 is 1.04 bits per heavy atom. The van der Waals surface area contributed by atoms with Crippen LogP contribution in [0.25, 0.3) is 0 Å². The Hall–Kier alpha value is -2.18. The zero-order chi connectivity index (χ0) is 18.7. The second-order valence-corrected chi connectivity index (χ2v) is 6.98. The maximum atomic E-state index is 13.7. The van der Waals surface area contributed by atoms with Gasteiger partial charge in [-0.2, -0.15) is 4.98 Å². The lowest BCUT2D eigenvalue weighted by atomic mass is 10.2. The molecule has 0 unspecified atom stereocenters. The Balaban J connectivity index is 1.78. The molecule has 1 heterocycles. The van der Waals surface area contributed by atoms with E-state index in [4.69, 9.17) is 16.3 Å². The van der Waals surface area contributed by atoms with E-state index >= 15 is 0 Å². The number of benzene rings is 2. The summed E-state index contributed by atoms with van der Waals surface area (Å²) in [6.07, 6.45) is 0. The zero-order valence-electron chi connectivity index (χ0n) is 14.1. The van der Waals surface area contributed by atoms with Gasteiger partial charge in [-0.05, 0) is 49.7 Å². The lowest BCUT2D eigenvalue weighted by Gasteiger charge is -2.09. The normalized spacial score (nSPS) is 10.8. The number of aromatic nitrogens is 2. The zero-order valence-corrected chi connectivity index (χ0v) is 15.7. The monoisotopic (exact) mass is 392 g/mol. The maximum absolute atomic E-state index is 13.7. The van der Waals surface area contributed by atoms with Crippen LogP contribution in [-0.4, -0.2) is 9.97 Å². The largest absolute Gasteiger partial charge is 0.439 e. The highest BCUT2D eigenvalue weighted by Gasteiger charge is 2.11. The molecule has 0 atom stereocenters. The van der Waals surface area contributed by atoms with Crippen molar-refractivity contribution >= 4 is 23.4 Å². The highest BCUT2D eigenvalue weighted by molar-refractivity contribution is 7.98. The predicted octanol–water partition coefficient (Wildman–Crippen LogP) is 6.11. The Labute approximate surface area is 159 Å². The number of halogens is 3. The molecule has 0 aliphatic heterocycles. The molecule has 2 aromatic carbocycles. The molecule has 0 spiro atoms. The number of nitrogens with zero attached hydrogens (tertiary/aromatic N) is 2. The highest BCUT2D eigenvalue weighted by Crippen LogP contribution is 2.28. The second-order valence-electron chi connectivity index (χ2n) is 5.63. The standard InChI is InChI=1S/C19H15ClF2N2OS/c1-11-8-13(6-7-15(11)20)25-18-9-12(2)23-19(24-18)26-10-14-16(21)4-3-5-17(14)22/h3-9H,10H2,1-2H3. The van der Waals surface area contributed by atoms with Gasteiger partial charge >= 0.3 is 0 Å². The molecule has 26 heavy (non-hydrogen) atoms. The van der Waals surface area contributed by atoms with Crippen molar-refractivity contribution in [2.24, 2.45) is 0 Å². The molecule has 0 aliphatic rings. The molecule has 7 heteroatoms. The van der Waals surface area contributed by atoms with E-state index < -0.39 is 11.6 Å². The summed E-state index contributed by atoms with van der Waals surface area (Å²) in [5.41, 5.74) is 1.58. The first-order valence-corrected chi connectivity index (χ1v) is 9.14. The average molecular weight is 393 g/mol. The van der Waals surface area contributed by atoms with Crippen LogP contribution in [0, 0.1) is 25.5 Å². The van der Waals surface area contributed by atoms with E-state index in [1.165, 1.54) is 18.2 Å². The molecule has 0 saturated carbocycles. The van der Waals surface area contributed by atoms with Crippen LogP contribution in [-0.2, 0) is 5.75 Å². The fraction of sp³-hybridized carbons (Fsp3) is 0.158. The quantitative estimate of drug-likeness (QED) is 0.387. The minimum Gasteiger partial charge on any atom is -0.439 e. The first-order valence-electron chi connectivity index (χ1n) is 7.78. The molecule has 3 rings (SSSR count). The first kappa shape index (κ1) is 18.6. The van der Waals surface area contributed by atoms with E-state index in [1.807, 2.05) is 6.92 Å². The lowest BCUT2D eigenvalue weighted by molar-refractivity contribution is 0.454. The van der Waals surface area contributed by atoms with Crippen LogP contribution in [0.3, 0.4) is 0 Å². The third-order valence-corrected chi connectivity index (χ3v) is 4.87. The number of rotatable bonds is 5. The van der Waals surface area contributed by atoms with E-state index in [-0.39, 0.29) is 11.3 Å². The summed E-state index contributed by atoms with van der Waals surface area (Å²) < 4.78 is 33.2. The van der Waals surface area contributed by atoms with Gasteiger partial charge in [0.1, 0.15) is 17.4 Å². The van der Waals surface area contributed by atoms with Gasteiger partial charge in [-0.25, -0.2) is 13.8 Å². The van der Waals surface area contributed by atoms with Crippen LogP contribution in [0.5, 0.6) is 11.6 Å². The predicted molar refractivity (Wildman–Crippen MR) is 99.0 cm³/mol. The minimum absolute atomic E-state index is 0.00148. The van der Waals surface area contributed by atoms with Crippen molar-refractivity contribution in [3.63, 3.8) is 0 Å². The van der Waals surface area contributed by atoms with Crippen molar-refractivity contribution in [1.29, 1.82) is 0 Å². The lowest BCUT2D eigenvalue weighted by Crippen LogP contribution is -1.97. The fourth-order valence-corrected chi connectivity index (χ4v) is 3.27. The number of hydrogen-bond donors (Lipinski definition) is 0. The fourth-order valence-electron chi connectivity index (χ4n) is 2.24. The summed E-state index contributed by atoms with van der Waals surface area (Å²) in [7, 11) is 0. The van der Waals surface area contributed by atoms with Crippen LogP contribution in [0.2, 0.25) is 5.02 Å². The topological polar surface area (TPSA) is 35.0 Å². The van der Waals surface area contributed by atoms with Crippen molar-refractivity contribution in [1.82, 2.24) is 9.97 Å². The van der Waals surface area contributed by atoms with Gasteiger partial charge in [-0.3, -0.25) is 0 Å². The summed E-state index contributed by atoms with van der Waals surface area (Å²) in [6.45, 7) is 3.68. The summed E-state index contributed by atoms with van der Waals surface area (Å²) in [5.74, 6) is -0.130. The van der Waals surface area contributed by atoms with Gasteiger partial charge in [-0.15, -0.1) is 0 Å². The molecule has 1 aromatic heterocycles. The van der Waals surface area contributed by atoms with Crippen molar-refractivity contribution < 1.29 is 13.5 Å². The van der Waals surface area contributed by atoms with Gasteiger partial charge in [0.2, 0.25) is 5.88 Å². The number of hydrogen-bond acceptors (Lipinski definition) is 4. The van der Waals surface area contributed by atoms with Crippen LogP contribution >= 0.6 is 23.4 Å². The van der Waals surface area contributed by atoms with E-state index in [1.54, 1.807) is 31.2 Å². The van der Waals surface area contributed by atoms with Crippen molar-refractivity contribution in [3.8, 4) is 11.6 Å². The van der Waals surface area contributed by atoms with E-state index in [0.717, 1.165) is 17.3 Å². The molecule has 3 aromatic rings. The van der Waals surface area contributed by atoms with Crippen LogP contribution in [0.1, 0.15) is 16.8 Å². The number of ether oxygens (including phenoxy) is 1. The Morgan fingerprint density at radius 2 is 1.77 bits per heavy atom. The summed E-state index contributed by atoms with van der Waals surface area (Å²) in [6, 6.07) is 10.8. The summed E-state index contributed by atoms with van der Waals surface area (Å²) in [4.78, 5) is 8.59. The smallest absolute Gasteiger partial charge is 0.223 e. The van der Waals surface area contributed by atoms with E-state index in [0.29, 0.717) is 27.5 Å². The third kappa shape index (κ3) is 4.51. The van der Waals surface area contributed by atoms with Gasteiger partial charge in [-0.1, -0.05) is 29.4 Å². The molecule has 0 N–H and O–H groups in total. The van der Waals surface area contributed by atoms with Gasteiger partial charge < -0.3 is 4.74 Å². The highest BCUT2D eigenvalue weighted by atomic mass is 35.5. The SMILES string of the molecule is Cc1cc(Oc2ccc(Cl)c(C)c2)nc(SCc2c(F)cccc2F)n1. The number of thioether (sulfide) groups is 1. The first-order chi connectivity index (χ1) is 12.4. The molecule has 0 radical (unpaired) electrons. The molecule has 0 saturated heterocycles. The molecule has 0 amide bonds. The van der Waals surface area contributed by atoms with Crippen molar-refractivity contribution in [2.45, 2.75) is 24.8 Å². The van der Waals surface area contributed by atoms with Crippen molar-refractivity contribution in [2.75, 3.05) is 0 Å². The van der Waals surface area contributed by atoms with Gasteiger partial charge in [0.05, 0.1) is 0 Å². The summed E-state index contributed by atoms with van der Waals surface area (Å²) >= 11 is 7.16. The average Bonchev–Trinajstić information content (AvgIpc) is 2.57. The summed E-state index contributed by atoms with van der Waals surface area (Å²) in [5, 5.41) is 1.03. The molecule has 3 nitrogen and oxygen atoms in total. The maximum Gasteiger partial charge on any atom is 0.223 e. The molecule has 0 fully saturated rings. The van der Waals surface area contributed by atoms with Crippen LogP contribution < -0.4 is 4.74 Å². The Bertz CT molecular complexity index is 933. The van der Waals surface area contributed by atoms with Gasteiger partial charge in [0.15, 0.2) is 5.16 Å². The molecule has 0 aliphatic carbocycles. The van der Waals surface area contributed by atoms with Gasteiger partial charge in [0, 0.05) is 28.1 Å². The van der Waals surface area contributed by atoms with E-state index in [9.17, 15) is 8.78 Å². The van der Waals surface area contributed by atoms with Gasteiger partial charge in [0.25, 0.3) is 0 Å². The number of aryl methyl sites for hydroxylation is 2. The molecular formula is C19H15ClF2N2OS. The molecule has 0 bridgehead atoms. The van der Waals surface area contributed by atoms with Crippen molar-refractivity contribution in [3.05, 3.63) is 75.9 Å². The Morgan fingerprint density at radius 3 is 2.46 bits per heavy atom.